The molecule has 0 fully saturated rings. The van der Waals surface area contributed by atoms with Gasteiger partial charge in [-0.1, -0.05) is 19.1 Å². The highest BCUT2D eigenvalue weighted by Crippen LogP contribution is 2.14. The van der Waals surface area contributed by atoms with Crippen LogP contribution in [-0.4, -0.2) is 39.9 Å². The molecule has 0 aliphatic rings. The van der Waals surface area contributed by atoms with Crippen LogP contribution in [0.15, 0.2) is 41.9 Å². The van der Waals surface area contributed by atoms with Gasteiger partial charge in [-0.15, -0.1) is 40.8 Å². The van der Waals surface area contributed by atoms with Crippen LogP contribution in [0.4, 0.5) is 4.39 Å². The quantitative estimate of drug-likeness (QED) is 0.239. The topological polar surface area (TPSA) is 76.4 Å². The van der Waals surface area contributed by atoms with E-state index in [1.807, 2.05) is 25.5 Å². The lowest BCUT2D eigenvalue weighted by Gasteiger charge is -2.20. The molecule has 7 nitrogen and oxygen atoms in total. The van der Waals surface area contributed by atoms with Gasteiger partial charge in [0.05, 0.1) is 6.54 Å². The second-order valence-electron chi connectivity index (χ2n) is 6.04. The summed E-state index contributed by atoms with van der Waals surface area (Å²) in [6.07, 6.45) is 2.39. The Bertz CT molecular complexity index is 780. The zero-order valence-electron chi connectivity index (χ0n) is 16.5. The minimum atomic E-state index is -0.316. The summed E-state index contributed by atoms with van der Waals surface area (Å²) < 4.78 is 21.1. The number of aryl methyl sites for hydroxylation is 1. The van der Waals surface area contributed by atoms with Gasteiger partial charge in [-0.25, -0.2) is 9.38 Å². The summed E-state index contributed by atoms with van der Waals surface area (Å²) in [5.41, 5.74) is 0. The van der Waals surface area contributed by atoms with Crippen molar-refractivity contribution in [1.29, 1.82) is 0 Å². The lowest BCUT2D eigenvalue weighted by atomic mass is 10.2. The molecule has 1 aromatic heterocycles. The molecule has 1 unspecified atom stereocenters. The third-order valence-electron chi connectivity index (χ3n) is 4.03. The van der Waals surface area contributed by atoms with Crippen molar-refractivity contribution in [3.63, 3.8) is 0 Å². The Morgan fingerprint density at radius 2 is 2.18 bits per heavy atom. The summed E-state index contributed by atoms with van der Waals surface area (Å²) in [5.74, 6) is 2.43. The van der Waals surface area contributed by atoms with Crippen molar-refractivity contribution in [3.8, 4) is 5.75 Å². The van der Waals surface area contributed by atoms with Crippen molar-refractivity contribution >= 4 is 29.9 Å². The first-order valence-electron chi connectivity index (χ1n) is 8.93. The average molecular weight is 502 g/mol. The number of halogens is 2. The van der Waals surface area contributed by atoms with E-state index in [0.717, 1.165) is 18.1 Å². The van der Waals surface area contributed by atoms with Crippen LogP contribution in [0.25, 0.3) is 0 Å². The van der Waals surface area contributed by atoms with Crippen LogP contribution >= 0.6 is 24.0 Å². The van der Waals surface area contributed by atoms with E-state index >= 15 is 0 Å². The molecule has 0 amide bonds. The zero-order valence-corrected chi connectivity index (χ0v) is 18.8. The fourth-order valence-corrected chi connectivity index (χ4v) is 2.29. The van der Waals surface area contributed by atoms with Gasteiger partial charge in [0.15, 0.2) is 11.8 Å². The van der Waals surface area contributed by atoms with Gasteiger partial charge in [-0.05, 0) is 25.5 Å². The van der Waals surface area contributed by atoms with Crippen LogP contribution in [-0.2, 0) is 13.6 Å². The van der Waals surface area contributed by atoms with Gasteiger partial charge < -0.3 is 19.9 Å². The van der Waals surface area contributed by atoms with E-state index in [-0.39, 0.29) is 35.9 Å². The first-order valence-corrected chi connectivity index (χ1v) is 8.93. The van der Waals surface area contributed by atoms with Crippen LogP contribution < -0.4 is 15.4 Å². The third kappa shape index (κ3) is 7.45. The Kier molecular flexibility index (Phi) is 10.5. The van der Waals surface area contributed by atoms with Gasteiger partial charge in [-0.3, -0.25) is 0 Å². The van der Waals surface area contributed by atoms with Gasteiger partial charge in [0.2, 0.25) is 0 Å². The molecule has 1 atom stereocenters. The van der Waals surface area contributed by atoms with Crippen molar-refractivity contribution in [3.05, 3.63) is 54.4 Å². The van der Waals surface area contributed by atoms with Gasteiger partial charge >= 0.3 is 0 Å². The molecule has 9 heteroatoms. The number of ether oxygens (including phenoxy) is 1. The molecule has 0 spiro atoms. The maximum atomic E-state index is 13.3. The van der Waals surface area contributed by atoms with Crippen LogP contribution in [0, 0.1) is 12.7 Å². The van der Waals surface area contributed by atoms with Crippen molar-refractivity contribution in [2.75, 3.05) is 13.1 Å². The molecule has 2 N–H and O–H groups in total. The van der Waals surface area contributed by atoms with Crippen molar-refractivity contribution in [2.45, 2.75) is 32.9 Å². The molecule has 0 aliphatic heterocycles. The monoisotopic (exact) mass is 502 g/mol. The minimum Gasteiger partial charge on any atom is -0.489 e. The molecule has 0 bridgehead atoms. The maximum Gasteiger partial charge on any atom is 0.192 e. The first-order chi connectivity index (χ1) is 13.0. The van der Waals surface area contributed by atoms with Crippen LogP contribution in [0.1, 0.15) is 25.0 Å². The molecule has 2 rings (SSSR count). The van der Waals surface area contributed by atoms with E-state index in [1.54, 1.807) is 18.2 Å². The van der Waals surface area contributed by atoms with E-state index < -0.39 is 0 Å². The fourth-order valence-electron chi connectivity index (χ4n) is 2.29. The van der Waals surface area contributed by atoms with Gasteiger partial charge in [-0.2, -0.15) is 0 Å². The number of hydrogen-bond donors (Lipinski definition) is 2. The zero-order chi connectivity index (χ0) is 19.6. The predicted octanol–water partition coefficient (Wildman–Crippen LogP) is 2.96. The van der Waals surface area contributed by atoms with Crippen molar-refractivity contribution in [2.24, 2.45) is 12.0 Å². The Hall–Kier alpha value is -2.17. The second kappa shape index (κ2) is 12.3. The van der Waals surface area contributed by atoms with E-state index in [4.69, 9.17) is 4.74 Å². The normalized spacial score (nSPS) is 12.1. The second-order valence-corrected chi connectivity index (χ2v) is 6.04. The summed E-state index contributed by atoms with van der Waals surface area (Å²) in [4.78, 5) is 4.54. The Morgan fingerprint density at radius 1 is 1.39 bits per heavy atom. The molecule has 1 aromatic carbocycles. The molecule has 0 radical (unpaired) electrons. The first kappa shape index (κ1) is 23.9. The summed E-state index contributed by atoms with van der Waals surface area (Å²) in [6, 6.07) is 6.15. The summed E-state index contributed by atoms with van der Waals surface area (Å²) in [7, 11) is 1.91. The molecular weight excluding hydrogens is 474 g/mol. The molecule has 28 heavy (non-hydrogen) atoms. The molecule has 2 aromatic rings. The van der Waals surface area contributed by atoms with E-state index in [1.165, 1.54) is 12.1 Å². The lowest BCUT2D eigenvalue weighted by molar-refractivity contribution is 0.199. The highest BCUT2D eigenvalue weighted by molar-refractivity contribution is 14.0. The van der Waals surface area contributed by atoms with Gasteiger partial charge in [0.1, 0.15) is 30.0 Å². The number of benzene rings is 1. The summed E-state index contributed by atoms with van der Waals surface area (Å²) in [6.45, 7) is 9.11. The summed E-state index contributed by atoms with van der Waals surface area (Å²) >= 11 is 0. The van der Waals surface area contributed by atoms with Gasteiger partial charge in [0.25, 0.3) is 0 Å². The largest absolute Gasteiger partial charge is 0.489 e. The molecule has 1 heterocycles. The Morgan fingerprint density at radius 3 is 2.79 bits per heavy atom. The highest BCUT2D eigenvalue weighted by Gasteiger charge is 2.11. The number of aromatic nitrogens is 3. The molecule has 0 aliphatic carbocycles. The highest BCUT2D eigenvalue weighted by atomic mass is 127. The number of nitrogens with zero attached hydrogens (tertiary/aromatic N) is 4. The van der Waals surface area contributed by atoms with Crippen molar-refractivity contribution in [1.82, 2.24) is 25.4 Å². The van der Waals surface area contributed by atoms with E-state index in [9.17, 15) is 4.39 Å². The van der Waals surface area contributed by atoms with Crippen LogP contribution in [0.5, 0.6) is 5.75 Å². The minimum absolute atomic E-state index is 0. The Balaban J connectivity index is 0.00000392. The summed E-state index contributed by atoms with van der Waals surface area (Å²) in [5, 5.41) is 14.6. The molecule has 154 valence electrons. The standard InChI is InChI=1S/C19H27FN6O.HI/c1-5-10-21-19(23-13-18-25-24-14(3)26(18)4)22-12-16(6-2)27-17-9-7-8-15(20)11-17;/h5,7-9,11,16H,1,6,10,12-13H2,2-4H3,(H2,21,22,23);1H. The number of hydrogen-bond acceptors (Lipinski definition) is 4. The smallest absolute Gasteiger partial charge is 0.192 e. The lowest BCUT2D eigenvalue weighted by Crippen LogP contribution is -2.42. The van der Waals surface area contributed by atoms with E-state index in [0.29, 0.717) is 31.3 Å². The van der Waals surface area contributed by atoms with E-state index in [2.05, 4.69) is 32.4 Å². The fraction of sp³-hybridized carbons (Fsp3) is 0.421. The SMILES string of the molecule is C=CCNC(=NCc1nnc(C)n1C)NCC(CC)Oc1cccc(F)c1.I. The molecule has 0 saturated carbocycles. The van der Waals surface area contributed by atoms with Gasteiger partial charge in [0, 0.05) is 19.7 Å². The number of nitrogens with one attached hydrogen (secondary N) is 2. The number of aliphatic imine (C=N–C) groups is 1. The number of rotatable bonds is 9. The molecule has 0 saturated heterocycles. The van der Waals surface area contributed by atoms with Crippen LogP contribution in [0.2, 0.25) is 0 Å². The average Bonchev–Trinajstić information content (AvgIpc) is 2.98. The predicted molar refractivity (Wildman–Crippen MR) is 120 cm³/mol. The third-order valence-corrected chi connectivity index (χ3v) is 4.03. The molecular formula is C19H28FIN6O. The number of guanidine groups is 1. The van der Waals surface area contributed by atoms with Crippen LogP contribution in [0.3, 0.4) is 0 Å². The van der Waals surface area contributed by atoms with Crippen molar-refractivity contribution < 1.29 is 9.13 Å². The Labute approximate surface area is 182 Å². The maximum absolute atomic E-state index is 13.3.